The summed E-state index contributed by atoms with van der Waals surface area (Å²) in [5.74, 6) is -0.332. The smallest absolute Gasteiger partial charge is 0.338 e. The largest absolute Gasteiger partial charge is 0.496 e. The number of aromatic carboxylic acids is 1. The van der Waals surface area contributed by atoms with Crippen molar-refractivity contribution in [1.82, 2.24) is 4.57 Å². The monoisotopic (exact) mass is 634 g/mol. The van der Waals surface area contributed by atoms with Crippen molar-refractivity contribution in [3.8, 4) is 17.2 Å². The van der Waals surface area contributed by atoms with Gasteiger partial charge in [-0.3, -0.25) is 9.36 Å². The van der Waals surface area contributed by atoms with Gasteiger partial charge in [-0.25, -0.2) is 14.6 Å². The minimum absolute atomic E-state index is 0.129. The minimum atomic E-state index is -1.02. The highest BCUT2D eigenvalue weighted by Gasteiger charge is 2.35. The molecule has 44 heavy (non-hydrogen) atoms. The summed E-state index contributed by atoms with van der Waals surface area (Å²) in [7, 11) is 4.27. The van der Waals surface area contributed by atoms with Crippen LogP contribution in [0.5, 0.6) is 17.2 Å². The van der Waals surface area contributed by atoms with E-state index in [1.54, 1.807) is 67.6 Å². The Morgan fingerprint density at radius 1 is 1.02 bits per heavy atom. The maximum Gasteiger partial charge on any atom is 0.338 e. The zero-order valence-electron chi connectivity index (χ0n) is 24.1. The van der Waals surface area contributed by atoms with Crippen molar-refractivity contribution in [2.24, 2.45) is 4.99 Å². The van der Waals surface area contributed by atoms with Gasteiger partial charge in [0, 0.05) is 10.6 Å². The summed E-state index contributed by atoms with van der Waals surface area (Å²) in [6.07, 6.45) is 1.70. The molecule has 1 aliphatic heterocycles. The van der Waals surface area contributed by atoms with Crippen molar-refractivity contribution in [2.75, 3.05) is 21.3 Å². The molecule has 10 nitrogen and oxygen atoms in total. The van der Waals surface area contributed by atoms with Gasteiger partial charge in [0.15, 0.2) is 16.3 Å². The molecule has 0 radical (unpaired) electrons. The van der Waals surface area contributed by atoms with E-state index in [4.69, 9.17) is 30.5 Å². The van der Waals surface area contributed by atoms with Crippen LogP contribution in [0.2, 0.25) is 5.02 Å². The summed E-state index contributed by atoms with van der Waals surface area (Å²) in [5, 5.41) is 9.65. The van der Waals surface area contributed by atoms with Gasteiger partial charge >= 0.3 is 11.9 Å². The van der Waals surface area contributed by atoms with Crippen LogP contribution < -0.4 is 29.1 Å². The zero-order chi connectivity index (χ0) is 31.5. The van der Waals surface area contributed by atoms with E-state index in [9.17, 15) is 19.5 Å². The number of ether oxygens (including phenoxy) is 4. The van der Waals surface area contributed by atoms with Crippen molar-refractivity contribution in [1.29, 1.82) is 0 Å². The number of carbonyl (C=O) groups is 2. The number of fused-ring (bicyclic) bond motifs is 1. The second-order valence-electron chi connectivity index (χ2n) is 9.66. The molecule has 1 aromatic heterocycles. The molecule has 0 unspecified atom stereocenters. The summed E-state index contributed by atoms with van der Waals surface area (Å²) in [6, 6.07) is 15.8. The molecule has 2 heterocycles. The number of hydrogen-bond acceptors (Lipinski definition) is 9. The highest BCUT2D eigenvalue weighted by molar-refractivity contribution is 7.07. The quantitative estimate of drug-likeness (QED) is 0.269. The van der Waals surface area contributed by atoms with Gasteiger partial charge in [0.05, 0.1) is 42.7 Å². The van der Waals surface area contributed by atoms with Gasteiger partial charge in [0.2, 0.25) is 0 Å². The molecule has 0 amide bonds. The number of carboxylic acids is 1. The Bertz CT molecular complexity index is 2000. The molecule has 0 spiro atoms. The average molecular weight is 635 g/mol. The molecule has 5 rings (SSSR count). The third-order valence-electron chi connectivity index (χ3n) is 6.97. The van der Waals surface area contributed by atoms with Crippen molar-refractivity contribution in [2.45, 2.75) is 19.6 Å². The molecule has 0 bridgehead atoms. The normalized spacial score (nSPS) is 14.5. The molecule has 1 N–H and O–H groups in total. The molecular weight excluding hydrogens is 608 g/mol. The lowest BCUT2D eigenvalue weighted by Crippen LogP contribution is -2.40. The first-order valence-corrected chi connectivity index (χ1v) is 14.4. The molecule has 12 heteroatoms. The van der Waals surface area contributed by atoms with Crippen LogP contribution in [0.1, 0.15) is 40.0 Å². The number of halogens is 1. The summed E-state index contributed by atoms with van der Waals surface area (Å²) in [5.41, 5.74) is 2.27. The van der Waals surface area contributed by atoms with Gasteiger partial charge < -0.3 is 24.1 Å². The number of hydrogen-bond donors (Lipinski definition) is 1. The number of esters is 1. The molecule has 1 aliphatic rings. The Labute approximate surface area is 260 Å². The Morgan fingerprint density at radius 2 is 1.77 bits per heavy atom. The first-order valence-electron chi connectivity index (χ1n) is 13.2. The summed E-state index contributed by atoms with van der Waals surface area (Å²) < 4.78 is 23.9. The predicted molar refractivity (Wildman–Crippen MR) is 165 cm³/mol. The third-order valence-corrected chi connectivity index (χ3v) is 8.19. The second-order valence-corrected chi connectivity index (χ2v) is 11.1. The number of methoxy groups -OCH3 is 3. The lowest BCUT2D eigenvalue weighted by atomic mass is 9.95. The van der Waals surface area contributed by atoms with Gasteiger partial charge in [-0.2, -0.15) is 0 Å². The van der Waals surface area contributed by atoms with Crippen LogP contribution in [-0.2, 0) is 16.1 Å². The topological polar surface area (TPSA) is 126 Å². The van der Waals surface area contributed by atoms with Crippen molar-refractivity contribution >= 4 is 41.0 Å². The average Bonchev–Trinajstić information content (AvgIpc) is 3.32. The van der Waals surface area contributed by atoms with Crippen molar-refractivity contribution < 1.29 is 33.6 Å². The number of thiazole rings is 1. The first-order chi connectivity index (χ1) is 21.1. The van der Waals surface area contributed by atoms with E-state index < -0.39 is 18.0 Å². The Morgan fingerprint density at radius 3 is 2.48 bits per heavy atom. The molecule has 0 saturated heterocycles. The molecule has 4 aromatic rings. The standard InChI is InChI=1S/C32H27ClN2O8S/c1-17-27(31(39)42-4)28(22-15-21(33)9-11-23(22)40-2)35-29(36)26(44-32(35)34-17)14-18-8-10-24(25(13-18)41-3)43-16-19-6-5-7-20(12-19)30(37)38/h5-15,28H,16H2,1-4H3,(H,37,38)/b26-14-/t28-/m0/s1. The second kappa shape index (κ2) is 12.8. The fourth-order valence-corrected chi connectivity index (χ4v) is 6.13. The van der Waals surface area contributed by atoms with Gasteiger partial charge in [-0.15, -0.1) is 0 Å². The van der Waals surface area contributed by atoms with E-state index in [-0.39, 0.29) is 23.3 Å². The number of nitrogens with zero attached hydrogens (tertiary/aromatic N) is 2. The van der Waals surface area contributed by atoms with E-state index in [1.807, 2.05) is 0 Å². The van der Waals surface area contributed by atoms with E-state index in [1.165, 1.54) is 43.3 Å². The summed E-state index contributed by atoms with van der Waals surface area (Å²) >= 11 is 7.52. The highest BCUT2D eigenvalue weighted by atomic mass is 35.5. The van der Waals surface area contributed by atoms with Crippen LogP contribution in [0.25, 0.3) is 6.08 Å². The van der Waals surface area contributed by atoms with Crippen LogP contribution in [0.4, 0.5) is 0 Å². The van der Waals surface area contributed by atoms with E-state index >= 15 is 0 Å². The first kappa shape index (κ1) is 30.6. The van der Waals surface area contributed by atoms with E-state index in [0.29, 0.717) is 54.0 Å². The zero-order valence-corrected chi connectivity index (χ0v) is 25.7. The Balaban J connectivity index is 1.55. The lowest BCUT2D eigenvalue weighted by molar-refractivity contribution is -0.136. The van der Waals surface area contributed by atoms with E-state index in [0.717, 1.165) is 0 Å². The predicted octanol–water partition coefficient (Wildman–Crippen LogP) is 4.36. The number of rotatable bonds is 9. The van der Waals surface area contributed by atoms with Crippen LogP contribution >= 0.6 is 22.9 Å². The number of aromatic nitrogens is 1. The lowest BCUT2D eigenvalue weighted by Gasteiger charge is -2.25. The van der Waals surface area contributed by atoms with Crippen LogP contribution in [0.3, 0.4) is 0 Å². The van der Waals surface area contributed by atoms with Gasteiger partial charge in [-0.05, 0) is 66.6 Å². The maximum atomic E-state index is 13.9. The Kier molecular flexibility index (Phi) is 8.88. The highest BCUT2D eigenvalue weighted by Crippen LogP contribution is 2.37. The van der Waals surface area contributed by atoms with Crippen LogP contribution in [-0.4, -0.2) is 42.9 Å². The number of benzene rings is 3. The van der Waals surface area contributed by atoms with Crippen LogP contribution in [0.15, 0.2) is 81.7 Å². The summed E-state index contributed by atoms with van der Waals surface area (Å²) in [6.45, 7) is 1.82. The van der Waals surface area contributed by atoms with Gasteiger partial charge in [-0.1, -0.05) is 41.1 Å². The minimum Gasteiger partial charge on any atom is -0.496 e. The number of carbonyl (C=O) groups excluding carboxylic acids is 1. The number of allylic oxidation sites excluding steroid dienone is 1. The Hall–Kier alpha value is -4.87. The summed E-state index contributed by atoms with van der Waals surface area (Å²) in [4.78, 5) is 43.2. The molecule has 0 fully saturated rings. The van der Waals surface area contributed by atoms with Gasteiger partial charge in [0.25, 0.3) is 5.56 Å². The molecular formula is C32H27ClN2O8S. The molecule has 226 valence electrons. The molecule has 0 saturated carbocycles. The molecule has 3 aromatic carbocycles. The number of carboxylic acid groups (broad SMARTS) is 1. The molecule has 0 aliphatic carbocycles. The van der Waals surface area contributed by atoms with E-state index in [2.05, 4.69) is 4.99 Å². The van der Waals surface area contributed by atoms with Crippen LogP contribution in [0, 0.1) is 0 Å². The van der Waals surface area contributed by atoms with Gasteiger partial charge in [0.1, 0.15) is 18.4 Å². The maximum absolute atomic E-state index is 13.9. The van der Waals surface area contributed by atoms with Crippen molar-refractivity contribution in [3.05, 3.63) is 119 Å². The fraction of sp³-hybridized carbons (Fsp3) is 0.188. The van der Waals surface area contributed by atoms with Crippen molar-refractivity contribution in [3.63, 3.8) is 0 Å². The SMILES string of the molecule is COC(=O)C1=C(C)N=c2s/c(=C\c3ccc(OCc4cccc(C(=O)O)c4)c(OC)c3)c(=O)n2[C@H]1c1cc(Cl)ccc1OC. The fourth-order valence-electron chi connectivity index (χ4n) is 4.91. The molecule has 1 atom stereocenters. The third kappa shape index (κ3) is 5.97.